The molecular weight excluding hydrogens is 725 g/mol. The van der Waals surface area contributed by atoms with Crippen LogP contribution in [0.4, 0.5) is 34.1 Å². The van der Waals surface area contributed by atoms with Gasteiger partial charge in [0.05, 0.1) is 11.4 Å². The highest BCUT2D eigenvalue weighted by molar-refractivity contribution is 6.06. The lowest BCUT2D eigenvalue weighted by Gasteiger charge is -2.30. The molecule has 0 atom stereocenters. The zero-order valence-electron chi connectivity index (χ0n) is 33.9. The fourth-order valence-electron chi connectivity index (χ4n) is 9.25. The summed E-state index contributed by atoms with van der Waals surface area (Å²) in [5.41, 5.74) is 15.5. The highest BCUT2D eigenvalue weighted by Crippen LogP contribution is 2.47. The predicted molar refractivity (Wildman–Crippen MR) is 255 cm³/mol. The number of nitrogens with zero attached hydrogens (tertiary/aromatic N) is 2. The molecule has 0 spiro atoms. The summed E-state index contributed by atoms with van der Waals surface area (Å²) in [7, 11) is 0. The Balaban J connectivity index is 0.991. The van der Waals surface area contributed by atoms with Gasteiger partial charge >= 0.3 is 0 Å². The highest BCUT2D eigenvalue weighted by atomic mass is 15.2. The second-order valence-corrected chi connectivity index (χ2v) is 16.0. The molecule has 1 aliphatic carbocycles. The molecule has 290 valence electrons. The van der Waals surface area contributed by atoms with Crippen LogP contribution in [0, 0.1) is 0 Å². The lowest BCUT2D eigenvalue weighted by atomic mass is 9.84. The van der Waals surface area contributed by atoms with E-state index in [9.17, 15) is 0 Å². The van der Waals surface area contributed by atoms with E-state index in [-0.39, 0.29) is 0 Å². The van der Waals surface area contributed by atoms with E-state index < -0.39 is 0 Å². The van der Waals surface area contributed by atoms with Gasteiger partial charge in [0.25, 0.3) is 0 Å². The Hall–Kier alpha value is -7.16. The van der Waals surface area contributed by atoms with Gasteiger partial charge in [-0.2, -0.15) is 0 Å². The Kier molecular flexibility index (Phi) is 10.5. The molecule has 2 nitrogen and oxygen atoms in total. The van der Waals surface area contributed by atoms with Crippen LogP contribution in [0.5, 0.6) is 0 Å². The molecular formula is C58H48N2. The molecule has 9 aromatic rings. The summed E-state index contributed by atoms with van der Waals surface area (Å²) in [5, 5.41) is 2.45. The maximum absolute atomic E-state index is 2.43. The Morgan fingerprint density at radius 2 is 0.817 bits per heavy atom. The van der Waals surface area contributed by atoms with Crippen molar-refractivity contribution in [3.63, 3.8) is 0 Å². The maximum Gasteiger partial charge on any atom is 0.0546 e. The third-order valence-corrected chi connectivity index (χ3v) is 12.3. The molecule has 0 N–H and O–H groups in total. The van der Waals surface area contributed by atoms with E-state index in [1.807, 2.05) is 0 Å². The zero-order valence-corrected chi connectivity index (χ0v) is 33.9. The molecule has 0 amide bonds. The average Bonchev–Trinajstić information content (AvgIpc) is 3.33. The molecule has 1 saturated carbocycles. The third-order valence-electron chi connectivity index (χ3n) is 12.3. The minimum atomic E-state index is 0.692. The monoisotopic (exact) mass is 772 g/mol. The molecule has 0 heterocycles. The number of benzene rings is 9. The number of hydrogen-bond acceptors (Lipinski definition) is 2. The summed E-state index contributed by atoms with van der Waals surface area (Å²) in [4.78, 5) is 4.80. The minimum Gasteiger partial charge on any atom is -0.311 e. The SMILES string of the molecule is c1ccc(-c2c(N(c3ccccc3)c3ccccc3-c3ccc(-c4ccc(N(c5ccccc5)c5ccc(C6CCCCC6)cc5)cc4)cc3)ccc3ccccc23)cc1. The molecule has 0 unspecified atom stereocenters. The van der Waals surface area contributed by atoms with E-state index in [2.05, 4.69) is 234 Å². The molecule has 0 saturated heterocycles. The smallest absolute Gasteiger partial charge is 0.0546 e. The van der Waals surface area contributed by atoms with Gasteiger partial charge in [-0.1, -0.05) is 183 Å². The van der Waals surface area contributed by atoms with Gasteiger partial charge in [-0.3, -0.25) is 0 Å². The second-order valence-electron chi connectivity index (χ2n) is 16.0. The number of anilines is 6. The lowest BCUT2D eigenvalue weighted by molar-refractivity contribution is 0.443. The van der Waals surface area contributed by atoms with Crippen molar-refractivity contribution in [1.82, 2.24) is 0 Å². The van der Waals surface area contributed by atoms with E-state index in [0.717, 1.165) is 28.4 Å². The first kappa shape index (κ1) is 37.1. The van der Waals surface area contributed by atoms with Crippen LogP contribution in [0.15, 0.2) is 224 Å². The van der Waals surface area contributed by atoms with Gasteiger partial charge in [0, 0.05) is 33.9 Å². The van der Waals surface area contributed by atoms with E-state index in [4.69, 9.17) is 0 Å². The molecule has 0 bridgehead atoms. The van der Waals surface area contributed by atoms with Crippen molar-refractivity contribution in [2.45, 2.75) is 38.0 Å². The van der Waals surface area contributed by atoms with Crippen LogP contribution in [0.2, 0.25) is 0 Å². The molecule has 0 aliphatic heterocycles. The lowest BCUT2D eigenvalue weighted by Crippen LogP contribution is -2.12. The normalized spacial score (nSPS) is 12.9. The Morgan fingerprint density at radius 1 is 0.317 bits per heavy atom. The fourth-order valence-corrected chi connectivity index (χ4v) is 9.25. The largest absolute Gasteiger partial charge is 0.311 e. The second kappa shape index (κ2) is 17.0. The molecule has 0 aromatic heterocycles. The van der Waals surface area contributed by atoms with Crippen LogP contribution in [-0.4, -0.2) is 0 Å². The first-order valence-electron chi connectivity index (χ1n) is 21.5. The Labute approximate surface area is 354 Å². The highest BCUT2D eigenvalue weighted by Gasteiger charge is 2.22. The van der Waals surface area contributed by atoms with Gasteiger partial charge in [0.15, 0.2) is 0 Å². The van der Waals surface area contributed by atoms with Crippen LogP contribution < -0.4 is 9.80 Å². The summed E-state index contributed by atoms with van der Waals surface area (Å²) in [6, 6.07) is 81.7. The molecule has 2 heteroatoms. The third kappa shape index (κ3) is 7.49. The van der Waals surface area contributed by atoms with Crippen molar-refractivity contribution >= 4 is 44.9 Å². The van der Waals surface area contributed by atoms with Gasteiger partial charge in [-0.15, -0.1) is 0 Å². The summed E-state index contributed by atoms with van der Waals surface area (Å²) >= 11 is 0. The molecule has 1 aliphatic rings. The predicted octanol–water partition coefficient (Wildman–Crippen LogP) is 16.8. The Morgan fingerprint density at radius 3 is 1.48 bits per heavy atom. The Bertz CT molecular complexity index is 2810. The number of para-hydroxylation sites is 3. The molecule has 9 aromatic carbocycles. The first-order chi connectivity index (χ1) is 29.8. The van der Waals surface area contributed by atoms with Gasteiger partial charge in [0.2, 0.25) is 0 Å². The van der Waals surface area contributed by atoms with Gasteiger partial charge in [0.1, 0.15) is 0 Å². The van der Waals surface area contributed by atoms with Gasteiger partial charge in [-0.25, -0.2) is 0 Å². The summed E-state index contributed by atoms with van der Waals surface area (Å²) < 4.78 is 0. The van der Waals surface area contributed by atoms with Crippen molar-refractivity contribution < 1.29 is 0 Å². The van der Waals surface area contributed by atoms with Crippen LogP contribution in [-0.2, 0) is 0 Å². The van der Waals surface area contributed by atoms with E-state index in [0.29, 0.717) is 5.92 Å². The molecule has 60 heavy (non-hydrogen) atoms. The summed E-state index contributed by atoms with van der Waals surface area (Å²) in [6.45, 7) is 0. The maximum atomic E-state index is 2.43. The van der Waals surface area contributed by atoms with Crippen molar-refractivity contribution in [2.75, 3.05) is 9.80 Å². The van der Waals surface area contributed by atoms with E-state index >= 15 is 0 Å². The van der Waals surface area contributed by atoms with Crippen LogP contribution in [0.25, 0.3) is 44.2 Å². The van der Waals surface area contributed by atoms with Crippen molar-refractivity contribution in [1.29, 1.82) is 0 Å². The van der Waals surface area contributed by atoms with E-state index in [1.165, 1.54) is 87.5 Å². The molecule has 1 fully saturated rings. The first-order valence-corrected chi connectivity index (χ1v) is 21.5. The standard InChI is InChI=1S/C58H48N2/c1-5-17-43(18-6-1)45-33-38-52(39-34-45)59(50-22-9-3-10-23-50)53-40-35-46(36-41-53)44-29-31-48(32-30-44)54-26-15-16-28-56(54)60(51-24-11-4-12-25-51)57-42-37-47-19-13-14-27-55(47)58(57)49-20-7-2-8-21-49/h2-4,7-16,19-43H,1,5-6,17-18H2. The number of rotatable bonds is 10. The minimum absolute atomic E-state index is 0.692. The van der Waals surface area contributed by atoms with Crippen molar-refractivity contribution in [3.05, 3.63) is 230 Å². The van der Waals surface area contributed by atoms with Gasteiger partial charge in [-0.05, 0) is 118 Å². The topological polar surface area (TPSA) is 6.48 Å². The van der Waals surface area contributed by atoms with Crippen LogP contribution in [0.1, 0.15) is 43.6 Å². The summed E-state index contributed by atoms with van der Waals surface area (Å²) in [6.07, 6.45) is 6.69. The fraction of sp³-hybridized carbons (Fsp3) is 0.103. The van der Waals surface area contributed by atoms with Crippen LogP contribution >= 0.6 is 0 Å². The number of hydrogen-bond donors (Lipinski definition) is 0. The van der Waals surface area contributed by atoms with E-state index in [1.54, 1.807) is 0 Å². The van der Waals surface area contributed by atoms with Gasteiger partial charge < -0.3 is 9.80 Å². The quantitative estimate of drug-likeness (QED) is 0.137. The average molecular weight is 773 g/mol. The zero-order chi connectivity index (χ0) is 40.1. The van der Waals surface area contributed by atoms with Crippen molar-refractivity contribution in [2.24, 2.45) is 0 Å². The van der Waals surface area contributed by atoms with Crippen LogP contribution in [0.3, 0.4) is 0 Å². The summed E-state index contributed by atoms with van der Waals surface area (Å²) in [5.74, 6) is 0.692. The van der Waals surface area contributed by atoms with Crippen molar-refractivity contribution in [3.8, 4) is 33.4 Å². The molecule has 10 rings (SSSR count). The number of fused-ring (bicyclic) bond motifs is 1. The molecule has 0 radical (unpaired) electrons.